The fourth-order valence-corrected chi connectivity index (χ4v) is 3.25. The molecule has 1 aromatic carbocycles. The van der Waals surface area contributed by atoms with Crippen molar-refractivity contribution < 1.29 is 4.79 Å². The zero-order valence-corrected chi connectivity index (χ0v) is 10.3. The Morgan fingerprint density at radius 2 is 2.00 bits per heavy atom. The van der Waals surface area contributed by atoms with Crippen molar-refractivity contribution in [3.63, 3.8) is 0 Å². The maximum Gasteiger partial charge on any atom is 0.263 e. The summed E-state index contributed by atoms with van der Waals surface area (Å²) in [6, 6.07) is 7.74. The molecule has 0 radical (unpaired) electrons. The average Bonchev–Trinajstić information content (AvgIpc) is 2.96. The van der Waals surface area contributed by atoms with Gasteiger partial charge in [0.15, 0.2) is 0 Å². The first-order valence-electron chi connectivity index (χ1n) is 5.82. The molecule has 1 aromatic heterocycles. The van der Waals surface area contributed by atoms with Crippen molar-refractivity contribution >= 4 is 33.0 Å². The predicted octanol–water partition coefficient (Wildman–Crippen LogP) is 2.72. The largest absolute Gasteiger partial charge is 0.399 e. The Labute approximate surface area is 104 Å². The van der Waals surface area contributed by atoms with Gasteiger partial charge in [-0.05, 0) is 42.5 Å². The molecule has 0 bridgehead atoms. The fraction of sp³-hybridized carbons (Fsp3) is 0.308. The summed E-state index contributed by atoms with van der Waals surface area (Å²) in [5, 5.41) is 1.07. The molecule has 1 aliphatic heterocycles. The van der Waals surface area contributed by atoms with Gasteiger partial charge < -0.3 is 10.6 Å². The van der Waals surface area contributed by atoms with E-state index in [1.165, 1.54) is 0 Å². The fourth-order valence-electron chi connectivity index (χ4n) is 2.24. The van der Waals surface area contributed by atoms with Gasteiger partial charge in [-0.15, -0.1) is 11.3 Å². The number of hydrogen-bond acceptors (Lipinski definition) is 3. The van der Waals surface area contributed by atoms with Gasteiger partial charge >= 0.3 is 0 Å². The number of carbonyl (C=O) groups is 1. The molecule has 2 aromatic rings. The van der Waals surface area contributed by atoms with Crippen molar-refractivity contribution in [3.05, 3.63) is 29.1 Å². The lowest BCUT2D eigenvalue weighted by molar-refractivity contribution is 0.0797. The lowest BCUT2D eigenvalue weighted by atomic mass is 10.2. The highest BCUT2D eigenvalue weighted by molar-refractivity contribution is 7.20. The van der Waals surface area contributed by atoms with Crippen molar-refractivity contribution in [1.82, 2.24) is 4.90 Å². The molecule has 0 unspecified atom stereocenters. The molecule has 0 atom stereocenters. The Morgan fingerprint density at radius 3 is 2.76 bits per heavy atom. The number of benzene rings is 1. The molecule has 1 aliphatic rings. The SMILES string of the molecule is Nc1ccc2sc(C(=O)N3CCCC3)cc2c1. The van der Waals surface area contributed by atoms with Crippen molar-refractivity contribution in [1.29, 1.82) is 0 Å². The highest BCUT2D eigenvalue weighted by Gasteiger charge is 2.21. The number of anilines is 1. The number of nitrogens with zero attached hydrogens (tertiary/aromatic N) is 1. The zero-order chi connectivity index (χ0) is 11.8. The zero-order valence-electron chi connectivity index (χ0n) is 9.48. The van der Waals surface area contributed by atoms with Gasteiger partial charge in [-0.3, -0.25) is 4.79 Å². The van der Waals surface area contributed by atoms with Crippen LogP contribution in [-0.2, 0) is 0 Å². The van der Waals surface area contributed by atoms with E-state index in [4.69, 9.17) is 5.73 Å². The Morgan fingerprint density at radius 1 is 1.24 bits per heavy atom. The monoisotopic (exact) mass is 246 g/mol. The summed E-state index contributed by atoms with van der Waals surface area (Å²) in [6.45, 7) is 1.80. The maximum atomic E-state index is 12.2. The van der Waals surface area contributed by atoms with Gasteiger partial charge in [0.2, 0.25) is 0 Å². The first-order chi connectivity index (χ1) is 8.24. The van der Waals surface area contributed by atoms with Crippen LogP contribution in [0.1, 0.15) is 22.5 Å². The first-order valence-corrected chi connectivity index (χ1v) is 6.64. The van der Waals surface area contributed by atoms with Crippen molar-refractivity contribution in [3.8, 4) is 0 Å². The van der Waals surface area contributed by atoms with Gasteiger partial charge in [-0.25, -0.2) is 0 Å². The average molecular weight is 246 g/mol. The Kier molecular flexibility index (Phi) is 2.52. The molecule has 1 fully saturated rings. The predicted molar refractivity (Wildman–Crippen MR) is 71.4 cm³/mol. The van der Waals surface area contributed by atoms with Gasteiger partial charge in [-0.1, -0.05) is 0 Å². The molecular weight excluding hydrogens is 232 g/mol. The lowest BCUT2D eigenvalue weighted by Gasteiger charge is -2.13. The van der Waals surface area contributed by atoms with Crippen LogP contribution in [0, 0.1) is 0 Å². The third-order valence-corrected chi connectivity index (χ3v) is 4.25. The van der Waals surface area contributed by atoms with E-state index in [0.29, 0.717) is 0 Å². The topological polar surface area (TPSA) is 46.3 Å². The summed E-state index contributed by atoms with van der Waals surface area (Å²) in [4.78, 5) is 15.0. The smallest absolute Gasteiger partial charge is 0.263 e. The molecule has 2 heterocycles. The molecule has 88 valence electrons. The van der Waals surface area contributed by atoms with Crippen LogP contribution in [-0.4, -0.2) is 23.9 Å². The van der Waals surface area contributed by atoms with Gasteiger partial charge in [0.1, 0.15) is 0 Å². The molecule has 0 aliphatic carbocycles. The van der Waals surface area contributed by atoms with Crippen molar-refractivity contribution in [2.24, 2.45) is 0 Å². The number of carbonyl (C=O) groups excluding carboxylic acids is 1. The molecule has 0 spiro atoms. The highest BCUT2D eigenvalue weighted by Crippen LogP contribution is 2.28. The van der Waals surface area contributed by atoms with Crippen LogP contribution in [0.4, 0.5) is 5.69 Å². The second-order valence-corrected chi connectivity index (χ2v) is 5.49. The Bertz CT molecular complexity index is 570. The van der Waals surface area contributed by atoms with Crippen LogP contribution < -0.4 is 5.73 Å². The summed E-state index contributed by atoms with van der Waals surface area (Å²) in [5.41, 5.74) is 6.49. The third-order valence-electron chi connectivity index (χ3n) is 3.14. The number of hydrogen-bond donors (Lipinski definition) is 1. The number of fused-ring (bicyclic) bond motifs is 1. The van der Waals surface area contributed by atoms with Gasteiger partial charge in [0.05, 0.1) is 4.88 Å². The molecule has 1 saturated heterocycles. The summed E-state index contributed by atoms with van der Waals surface area (Å²) < 4.78 is 1.13. The van der Waals surface area contributed by atoms with Crippen LogP contribution in [0.15, 0.2) is 24.3 Å². The van der Waals surface area contributed by atoms with Gasteiger partial charge in [0, 0.05) is 23.5 Å². The minimum Gasteiger partial charge on any atom is -0.399 e. The molecule has 3 nitrogen and oxygen atoms in total. The lowest BCUT2D eigenvalue weighted by Crippen LogP contribution is -2.26. The van der Waals surface area contributed by atoms with Crippen molar-refractivity contribution in [2.45, 2.75) is 12.8 Å². The molecule has 3 rings (SSSR count). The van der Waals surface area contributed by atoms with Gasteiger partial charge in [-0.2, -0.15) is 0 Å². The van der Waals surface area contributed by atoms with Crippen LogP contribution in [0.2, 0.25) is 0 Å². The molecule has 4 heteroatoms. The number of nitrogens with two attached hydrogens (primary N) is 1. The van der Waals surface area contributed by atoms with E-state index >= 15 is 0 Å². The second kappa shape index (κ2) is 4.04. The van der Waals surface area contributed by atoms with E-state index in [2.05, 4.69) is 0 Å². The molecule has 0 saturated carbocycles. The molecule has 1 amide bonds. The number of thiophene rings is 1. The van der Waals surface area contributed by atoms with E-state index in [1.807, 2.05) is 29.2 Å². The molecule has 2 N–H and O–H groups in total. The van der Waals surface area contributed by atoms with Crippen LogP contribution in [0.25, 0.3) is 10.1 Å². The Balaban J connectivity index is 1.97. The van der Waals surface area contributed by atoms with E-state index in [1.54, 1.807) is 11.3 Å². The second-order valence-electron chi connectivity index (χ2n) is 4.41. The summed E-state index contributed by atoms with van der Waals surface area (Å²) in [6.07, 6.45) is 2.26. The highest BCUT2D eigenvalue weighted by atomic mass is 32.1. The number of likely N-dealkylation sites (tertiary alicyclic amines) is 1. The van der Waals surface area contributed by atoms with Crippen LogP contribution in [0.5, 0.6) is 0 Å². The van der Waals surface area contributed by atoms with E-state index < -0.39 is 0 Å². The summed E-state index contributed by atoms with van der Waals surface area (Å²) in [5.74, 6) is 0.169. The van der Waals surface area contributed by atoms with E-state index in [-0.39, 0.29) is 5.91 Å². The molecular formula is C13H14N2OS. The normalized spacial score (nSPS) is 15.6. The van der Waals surface area contributed by atoms with Crippen molar-refractivity contribution in [2.75, 3.05) is 18.8 Å². The molecule has 17 heavy (non-hydrogen) atoms. The minimum absolute atomic E-state index is 0.169. The standard InChI is InChI=1S/C13H14N2OS/c14-10-3-4-11-9(7-10)8-12(17-11)13(16)15-5-1-2-6-15/h3-4,7-8H,1-2,5-6,14H2. The third kappa shape index (κ3) is 1.89. The van der Waals surface area contributed by atoms with Crippen LogP contribution in [0.3, 0.4) is 0 Å². The first kappa shape index (κ1) is 10.6. The number of rotatable bonds is 1. The maximum absolute atomic E-state index is 12.2. The van der Waals surface area contributed by atoms with E-state index in [0.717, 1.165) is 46.6 Å². The van der Waals surface area contributed by atoms with E-state index in [9.17, 15) is 4.79 Å². The summed E-state index contributed by atoms with van der Waals surface area (Å²) in [7, 11) is 0. The number of amides is 1. The van der Waals surface area contributed by atoms with Gasteiger partial charge in [0.25, 0.3) is 5.91 Å². The quantitative estimate of drug-likeness (QED) is 0.786. The van der Waals surface area contributed by atoms with Crippen LogP contribution >= 0.6 is 11.3 Å². The minimum atomic E-state index is 0.169. The number of nitrogen functional groups attached to an aromatic ring is 1. The summed E-state index contributed by atoms with van der Waals surface area (Å²) >= 11 is 1.55. The Hall–Kier alpha value is -1.55.